The third kappa shape index (κ3) is 2.97. The molecule has 0 aliphatic carbocycles. The van der Waals surface area contributed by atoms with E-state index in [9.17, 15) is 17.7 Å². The van der Waals surface area contributed by atoms with Gasteiger partial charge in [0.05, 0.1) is 12.9 Å². The summed E-state index contributed by atoms with van der Waals surface area (Å²) in [5.41, 5.74) is -0.472. The van der Waals surface area contributed by atoms with Crippen molar-refractivity contribution in [2.45, 2.75) is 19.3 Å². The molecule has 0 bridgehead atoms. The lowest BCUT2D eigenvalue weighted by atomic mass is 9.77. The number of hydrogen-bond donors (Lipinski definition) is 0. The van der Waals surface area contributed by atoms with E-state index in [0.29, 0.717) is 0 Å². The quantitative estimate of drug-likeness (QED) is 0.626. The summed E-state index contributed by atoms with van der Waals surface area (Å²) in [4.78, 5) is 11.0. The standard InChI is InChI=1S/C13H13BF3O3/c1-19-12(18)8-4-7-11-13(14(15,16)17)9-5-2-3-6-10(9)20-11/h2-3,5-6H,4,7-8H2,1H3/q-1. The minimum Gasteiger partial charge on any atom is -0.469 e. The second-order valence-electron chi connectivity index (χ2n) is 4.44. The van der Waals surface area contributed by atoms with E-state index >= 15 is 0 Å². The lowest BCUT2D eigenvalue weighted by molar-refractivity contribution is -0.140. The summed E-state index contributed by atoms with van der Waals surface area (Å²) in [5, 5.41) is 0.0769. The average Bonchev–Trinajstić information content (AvgIpc) is 2.76. The number of halogens is 3. The number of methoxy groups -OCH3 is 1. The lowest BCUT2D eigenvalue weighted by Crippen LogP contribution is -2.36. The summed E-state index contributed by atoms with van der Waals surface area (Å²) in [6.45, 7) is -5.16. The van der Waals surface area contributed by atoms with Crippen molar-refractivity contribution in [3.8, 4) is 0 Å². The topological polar surface area (TPSA) is 39.4 Å². The van der Waals surface area contributed by atoms with Crippen molar-refractivity contribution < 1.29 is 26.9 Å². The number of fused-ring (bicyclic) bond motifs is 1. The Bertz CT molecular complexity index is 619. The van der Waals surface area contributed by atoms with E-state index in [1.165, 1.54) is 19.2 Å². The maximum absolute atomic E-state index is 13.2. The molecule has 108 valence electrons. The second-order valence-corrected chi connectivity index (χ2v) is 4.44. The van der Waals surface area contributed by atoms with Crippen LogP contribution in [0.15, 0.2) is 28.7 Å². The Labute approximate surface area is 113 Å². The van der Waals surface area contributed by atoms with E-state index in [2.05, 4.69) is 4.74 Å². The van der Waals surface area contributed by atoms with E-state index in [1.807, 2.05) is 0 Å². The average molecular weight is 285 g/mol. The van der Waals surface area contributed by atoms with Crippen LogP contribution in [0.4, 0.5) is 12.9 Å². The molecule has 0 unspecified atom stereocenters. The number of rotatable bonds is 5. The van der Waals surface area contributed by atoms with Gasteiger partial charge >= 0.3 is 12.9 Å². The monoisotopic (exact) mass is 285 g/mol. The zero-order valence-corrected chi connectivity index (χ0v) is 10.9. The van der Waals surface area contributed by atoms with E-state index in [4.69, 9.17) is 4.42 Å². The second kappa shape index (κ2) is 5.60. The minimum atomic E-state index is -5.16. The summed E-state index contributed by atoms with van der Waals surface area (Å²) in [6, 6.07) is 6.07. The molecule has 0 radical (unpaired) electrons. The van der Waals surface area contributed by atoms with Gasteiger partial charge in [0.1, 0.15) is 5.58 Å². The van der Waals surface area contributed by atoms with Gasteiger partial charge in [0.15, 0.2) is 0 Å². The number of furan rings is 1. The number of esters is 1. The van der Waals surface area contributed by atoms with Gasteiger partial charge in [-0.3, -0.25) is 4.79 Å². The number of benzene rings is 1. The third-order valence-electron chi connectivity index (χ3n) is 3.05. The molecule has 0 saturated heterocycles. The third-order valence-corrected chi connectivity index (χ3v) is 3.05. The predicted octanol–water partition coefficient (Wildman–Crippen LogP) is 2.98. The summed E-state index contributed by atoms with van der Waals surface area (Å²) in [5.74, 6) is -0.553. The number of para-hydroxylation sites is 1. The smallest absolute Gasteiger partial charge is 0.469 e. The molecule has 3 nitrogen and oxygen atoms in total. The highest BCUT2D eigenvalue weighted by atomic mass is 19.4. The van der Waals surface area contributed by atoms with Gasteiger partial charge in [-0.1, -0.05) is 23.7 Å². The molecular formula is C13H13BF3O3-. The first kappa shape index (κ1) is 14.5. The van der Waals surface area contributed by atoms with Crippen molar-refractivity contribution in [2.24, 2.45) is 0 Å². The van der Waals surface area contributed by atoms with Crippen LogP contribution < -0.4 is 5.46 Å². The number of carbonyl (C=O) groups excluding carboxylic acids is 1. The molecular weight excluding hydrogens is 272 g/mol. The summed E-state index contributed by atoms with van der Waals surface area (Å²) < 4.78 is 49.3. The molecule has 1 heterocycles. The zero-order chi connectivity index (χ0) is 14.8. The van der Waals surface area contributed by atoms with Crippen LogP contribution in [0.1, 0.15) is 18.6 Å². The van der Waals surface area contributed by atoms with Crippen LogP contribution in [-0.4, -0.2) is 20.1 Å². The summed E-state index contributed by atoms with van der Waals surface area (Å²) in [7, 11) is 1.24. The van der Waals surface area contributed by atoms with Crippen molar-refractivity contribution in [2.75, 3.05) is 7.11 Å². The summed E-state index contributed by atoms with van der Waals surface area (Å²) >= 11 is 0. The number of carbonyl (C=O) groups is 1. The van der Waals surface area contributed by atoms with Gasteiger partial charge in [0, 0.05) is 12.8 Å². The first-order chi connectivity index (χ1) is 9.43. The van der Waals surface area contributed by atoms with Crippen LogP contribution in [0.2, 0.25) is 0 Å². The van der Waals surface area contributed by atoms with Crippen LogP contribution in [0.25, 0.3) is 11.0 Å². The van der Waals surface area contributed by atoms with Crippen molar-refractivity contribution in [1.82, 2.24) is 0 Å². The first-order valence-corrected chi connectivity index (χ1v) is 6.20. The molecule has 20 heavy (non-hydrogen) atoms. The van der Waals surface area contributed by atoms with Crippen molar-refractivity contribution >= 4 is 29.4 Å². The fourth-order valence-electron chi connectivity index (χ4n) is 2.16. The van der Waals surface area contributed by atoms with Crippen LogP contribution in [0.5, 0.6) is 0 Å². The minimum absolute atomic E-state index is 0.0559. The predicted molar refractivity (Wildman–Crippen MR) is 69.9 cm³/mol. The van der Waals surface area contributed by atoms with Gasteiger partial charge < -0.3 is 22.1 Å². The summed E-state index contributed by atoms with van der Waals surface area (Å²) in [6.07, 6.45) is 0.379. The van der Waals surface area contributed by atoms with Gasteiger partial charge in [0.25, 0.3) is 0 Å². The van der Waals surface area contributed by atoms with E-state index in [0.717, 1.165) is 0 Å². The molecule has 2 rings (SSSR count). The highest BCUT2D eigenvalue weighted by molar-refractivity contribution is 6.76. The van der Waals surface area contributed by atoms with Crippen LogP contribution in [0, 0.1) is 0 Å². The molecule has 0 aliphatic rings. The highest BCUT2D eigenvalue weighted by Crippen LogP contribution is 2.24. The molecule has 1 aromatic carbocycles. The van der Waals surface area contributed by atoms with Gasteiger partial charge in [-0.15, -0.1) is 0 Å². The Balaban J connectivity index is 2.30. The maximum Gasteiger partial charge on any atom is 0.513 e. The van der Waals surface area contributed by atoms with Gasteiger partial charge in [-0.05, 0) is 17.9 Å². The maximum atomic E-state index is 13.2. The number of hydrogen-bond acceptors (Lipinski definition) is 3. The molecule has 7 heteroatoms. The van der Waals surface area contributed by atoms with E-state index in [1.54, 1.807) is 12.1 Å². The zero-order valence-electron chi connectivity index (χ0n) is 10.9. The SMILES string of the molecule is COC(=O)CCCc1oc2ccccc2c1[B-](F)(F)F. The van der Waals surface area contributed by atoms with Gasteiger partial charge in [0.2, 0.25) is 0 Å². The molecule has 0 spiro atoms. The largest absolute Gasteiger partial charge is 0.513 e. The van der Waals surface area contributed by atoms with Crippen molar-refractivity contribution in [3.05, 3.63) is 30.0 Å². The van der Waals surface area contributed by atoms with Crippen LogP contribution >= 0.6 is 0 Å². The Morgan fingerprint density at radius 2 is 2.00 bits per heavy atom. The van der Waals surface area contributed by atoms with Crippen LogP contribution in [-0.2, 0) is 16.0 Å². The Morgan fingerprint density at radius 1 is 1.30 bits per heavy atom. The van der Waals surface area contributed by atoms with Gasteiger partial charge in [-0.25, -0.2) is 0 Å². The van der Waals surface area contributed by atoms with Crippen molar-refractivity contribution in [3.63, 3.8) is 0 Å². The fraction of sp³-hybridized carbons (Fsp3) is 0.308. The molecule has 2 aromatic rings. The molecule has 0 aliphatic heterocycles. The Morgan fingerprint density at radius 3 is 2.65 bits per heavy atom. The fourth-order valence-corrected chi connectivity index (χ4v) is 2.16. The molecule has 0 amide bonds. The normalized spacial score (nSPS) is 11.8. The molecule has 0 atom stereocenters. The van der Waals surface area contributed by atoms with Gasteiger partial charge in [-0.2, -0.15) is 0 Å². The first-order valence-electron chi connectivity index (χ1n) is 6.20. The highest BCUT2D eigenvalue weighted by Gasteiger charge is 2.33. The molecule has 0 fully saturated rings. The number of ether oxygens (including phenoxy) is 1. The van der Waals surface area contributed by atoms with Crippen molar-refractivity contribution in [1.29, 1.82) is 0 Å². The van der Waals surface area contributed by atoms with Crippen LogP contribution in [0.3, 0.4) is 0 Å². The molecule has 1 aromatic heterocycles. The van der Waals surface area contributed by atoms with E-state index < -0.39 is 18.4 Å². The Kier molecular flexibility index (Phi) is 4.06. The lowest BCUT2D eigenvalue weighted by Gasteiger charge is -2.15. The molecule has 0 N–H and O–H groups in total. The number of aryl methyl sites for hydroxylation is 1. The Hall–Kier alpha value is -1.92. The molecule has 0 saturated carbocycles. The van der Waals surface area contributed by atoms with E-state index in [-0.39, 0.29) is 36.0 Å².